The van der Waals surface area contributed by atoms with Gasteiger partial charge in [0.1, 0.15) is 5.69 Å². The number of esters is 1. The highest BCUT2D eigenvalue weighted by Gasteiger charge is 2.21. The van der Waals surface area contributed by atoms with Crippen LogP contribution in [-0.2, 0) is 14.8 Å². The first-order valence-corrected chi connectivity index (χ1v) is 10.7. The van der Waals surface area contributed by atoms with Gasteiger partial charge in [-0.15, -0.1) is 0 Å². The number of carbonyl (C=O) groups is 1. The molecule has 0 fully saturated rings. The second-order valence-corrected chi connectivity index (χ2v) is 8.56. The number of hydrogen-bond acceptors (Lipinski definition) is 7. The second-order valence-electron chi connectivity index (χ2n) is 5.63. The largest absolute Gasteiger partial charge is 0.464 e. The standard InChI is InChI=1S/C18H12Cl3N3O5S/c1-28-18(25)16-15(3-2-6-22-16)29-17-14(7-10(19)9-23-17)24-30(26,27)11-4-5-12(20)13(21)8-11/h2-9,24H,1H3. The Bertz CT molecular complexity index is 1220. The number of nitrogens with zero attached hydrogens (tertiary/aromatic N) is 2. The Balaban J connectivity index is 1.99. The first-order chi connectivity index (χ1) is 14.2. The number of anilines is 1. The molecule has 0 spiro atoms. The van der Waals surface area contributed by atoms with Crippen LogP contribution < -0.4 is 9.46 Å². The highest BCUT2D eigenvalue weighted by atomic mass is 35.5. The maximum absolute atomic E-state index is 12.8. The molecule has 0 saturated heterocycles. The van der Waals surface area contributed by atoms with Gasteiger partial charge in [0.25, 0.3) is 10.0 Å². The van der Waals surface area contributed by atoms with Gasteiger partial charge in [0.15, 0.2) is 11.4 Å². The minimum absolute atomic E-state index is 0.00848. The van der Waals surface area contributed by atoms with Crippen LogP contribution in [0.5, 0.6) is 11.6 Å². The zero-order chi connectivity index (χ0) is 21.9. The Morgan fingerprint density at radius 2 is 1.83 bits per heavy atom. The van der Waals surface area contributed by atoms with E-state index in [1.54, 1.807) is 0 Å². The molecule has 0 aliphatic rings. The van der Waals surface area contributed by atoms with Gasteiger partial charge in [-0.1, -0.05) is 34.8 Å². The Hall–Kier alpha value is -2.59. The minimum atomic E-state index is -4.09. The van der Waals surface area contributed by atoms with Crippen molar-refractivity contribution in [3.63, 3.8) is 0 Å². The molecule has 1 N–H and O–H groups in total. The van der Waals surface area contributed by atoms with Gasteiger partial charge in [-0.25, -0.2) is 23.2 Å². The summed E-state index contributed by atoms with van der Waals surface area (Å²) in [4.78, 5) is 19.7. The monoisotopic (exact) mass is 487 g/mol. The number of hydrogen-bond donors (Lipinski definition) is 1. The average Bonchev–Trinajstić information content (AvgIpc) is 2.71. The second kappa shape index (κ2) is 9.05. The number of aromatic nitrogens is 2. The van der Waals surface area contributed by atoms with Crippen molar-refractivity contribution in [1.82, 2.24) is 9.97 Å². The summed E-state index contributed by atoms with van der Waals surface area (Å²) in [6.45, 7) is 0. The lowest BCUT2D eigenvalue weighted by Gasteiger charge is -2.14. The Kier molecular flexibility index (Phi) is 6.67. The molecule has 156 valence electrons. The van der Waals surface area contributed by atoms with Crippen molar-refractivity contribution in [2.45, 2.75) is 4.90 Å². The lowest BCUT2D eigenvalue weighted by molar-refractivity contribution is 0.0591. The first-order valence-electron chi connectivity index (χ1n) is 8.06. The SMILES string of the molecule is COC(=O)c1ncccc1Oc1ncc(Cl)cc1NS(=O)(=O)c1ccc(Cl)c(Cl)c1. The minimum Gasteiger partial charge on any atom is -0.464 e. The zero-order valence-corrected chi connectivity index (χ0v) is 18.2. The van der Waals surface area contributed by atoms with E-state index in [1.165, 1.54) is 55.9 Å². The number of methoxy groups -OCH3 is 1. The zero-order valence-electron chi connectivity index (χ0n) is 15.1. The third kappa shape index (κ3) is 4.93. The van der Waals surface area contributed by atoms with Crippen molar-refractivity contribution in [1.29, 1.82) is 0 Å². The smallest absolute Gasteiger partial charge is 0.360 e. The van der Waals surface area contributed by atoms with E-state index in [0.717, 1.165) is 0 Å². The number of sulfonamides is 1. The molecule has 2 aromatic heterocycles. The molecule has 0 unspecified atom stereocenters. The van der Waals surface area contributed by atoms with Crippen LogP contribution >= 0.6 is 34.8 Å². The molecule has 1 aromatic carbocycles. The number of carbonyl (C=O) groups excluding carboxylic acids is 1. The van der Waals surface area contributed by atoms with Crippen molar-refractivity contribution in [3.8, 4) is 11.6 Å². The van der Waals surface area contributed by atoms with Crippen molar-refractivity contribution < 1.29 is 22.7 Å². The molecule has 3 rings (SSSR count). The highest BCUT2D eigenvalue weighted by Crippen LogP contribution is 2.33. The van der Waals surface area contributed by atoms with Gasteiger partial charge in [0.2, 0.25) is 5.88 Å². The number of benzene rings is 1. The molecule has 30 heavy (non-hydrogen) atoms. The molecule has 12 heteroatoms. The van der Waals surface area contributed by atoms with Gasteiger partial charge in [0.05, 0.1) is 27.1 Å². The Morgan fingerprint density at radius 3 is 2.53 bits per heavy atom. The molecule has 0 amide bonds. The van der Waals surface area contributed by atoms with Crippen LogP contribution in [0.3, 0.4) is 0 Å². The van der Waals surface area contributed by atoms with Crippen LogP contribution in [-0.4, -0.2) is 31.5 Å². The number of nitrogens with one attached hydrogen (secondary N) is 1. The van der Waals surface area contributed by atoms with Gasteiger partial charge < -0.3 is 9.47 Å². The van der Waals surface area contributed by atoms with E-state index >= 15 is 0 Å². The Labute approximate surface area is 186 Å². The predicted molar refractivity (Wildman–Crippen MR) is 112 cm³/mol. The van der Waals surface area contributed by atoms with Crippen LogP contribution in [0.1, 0.15) is 10.5 Å². The number of halogens is 3. The Morgan fingerprint density at radius 1 is 1.07 bits per heavy atom. The summed E-state index contributed by atoms with van der Waals surface area (Å²) in [7, 11) is -2.90. The third-order valence-electron chi connectivity index (χ3n) is 3.62. The topological polar surface area (TPSA) is 107 Å². The lowest BCUT2D eigenvalue weighted by Crippen LogP contribution is -2.14. The summed E-state index contributed by atoms with van der Waals surface area (Å²) in [5, 5.41) is 0.419. The summed E-state index contributed by atoms with van der Waals surface area (Å²) in [5.41, 5.74) is -0.191. The molecule has 0 bridgehead atoms. The van der Waals surface area contributed by atoms with Gasteiger partial charge in [0, 0.05) is 12.4 Å². The summed E-state index contributed by atoms with van der Waals surface area (Å²) in [6, 6.07) is 8.11. The molecule has 8 nitrogen and oxygen atoms in total. The van der Waals surface area contributed by atoms with Gasteiger partial charge in [-0.2, -0.15) is 0 Å². The van der Waals surface area contributed by atoms with Gasteiger partial charge >= 0.3 is 5.97 Å². The summed E-state index contributed by atoms with van der Waals surface area (Å²) >= 11 is 17.7. The van der Waals surface area contributed by atoms with E-state index in [4.69, 9.17) is 39.5 Å². The average molecular weight is 489 g/mol. The molecule has 0 saturated carbocycles. The fraction of sp³-hybridized carbons (Fsp3) is 0.0556. The van der Waals surface area contributed by atoms with E-state index in [0.29, 0.717) is 0 Å². The summed E-state index contributed by atoms with van der Waals surface area (Å²) in [6.07, 6.45) is 2.63. The molecular formula is C18H12Cl3N3O5S. The van der Waals surface area contributed by atoms with Crippen molar-refractivity contribution >= 4 is 56.5 Å². The molecule has 0 aliphatic carbocycles. The maximum Gasteiger partial charge on any atom is 0.360 e. The normalized spacial score (nSPS) is 11.1. The van der Waals surface area contributed by atoms with Crippen LogP contribution in [0.4, 0.5) is 5.69 Å². The quantitative estimate of drug-likeness (QED) is 0.496. The molecular weight excluding hydrogens is 477 g/mol. The highest BCUT2D eigenvalue weighted by molar-refractivity contribution is 7.92. The molecule has 0 radical (unpaired) electrons. The van der Waals surface area contributed by atoms with Crippen LogP contribution in [0.15, 0.2) is 53.7 Å². The number of ether oxygens (including phenoxy) is 2. The third-order valence-corrected chi connectivity index (χ3v) is 5.93. The van der Waals surface area contributed by atoms with Crippen molar-refractivity contribution in [2.75, 3.05) is 11.8 Å². The summed E-state index contributed by atoms with van der Waals surface area (Å²) < 4.78 is 38.2. The van der Waals surface area contributed by atoms with Crippen LogP contribution in [0.2, 0.25) is 15.1 Å². The molecule has 0 atom stereocenters. The van der Waals surface area contributed by atoms with E-state index in [9.17, 15) is 13.2 Å². The van der Waals surface area contributed by atoms with Gasteiger partial charge in [-0.3, -0.25) is 4.72 Å². The van der Waals surface area contributed by atoms with E-state index < -0.39 is 16.0 Å². The fourth-order valence-electron chi connectivity index (χ4n) is 2.26. The maximum atomic E-state index is 12.8. The number of rotatable bonds is 6. The van der Waals surface area contributed by atoms with Crippen LogP contribution in [0, 0.1) is 0 Å². The summed E-state index contributed by atoms with van der Waals surface area (Å²) in [5.74, 6) is -0.896. The van der Waals surface area contributed by atoms with E-state index in [2.05, 4.69) is 19.4 Å². The van der Waals surface area contributed by atoms with Gasteiger partial charge in [-0.05, 0) is 36.4 Å². The van der Waals surface area contributed by atoms with Crippen molar-refractivity contribution in [3.05, 3.63) is 69.6 Å². The van der Waals surface area contributed by atoms with E-state index in [-0.39, 0.29) is 43.0 Å². The molecule has 3 aromatic rings. The fourth-order valence-corrected chi connectivity index (χ4v) is 3.85. The lowest BCUT2D eigenvalue weighted by atomic mass is 10.3. The predicted octanol–water partition coefficient (Wildman–Crippen LogP) is 4.82. The molecule has 0 aliphatic heterocycles. The first kappa shape index (κ1) is 22.1. The van der Waals surface area contributed by atoms with E-state index in [1.807, 2.05) is 0 Å². The molecule has 2 heterocycles. The van der Waals surface area contributed by atoms with Crippen LogP contribution in [0.25, 0.3) is 0 Å². The van der Waals surface area contributed by atoms with Crippen molar-refractivity contribution in [2.24, 2.45) is 0 Å². The number of pyridine rings is 2.